The zero-order valence-corrected chi connectivity index (χ0v) is 15.6. The van der Waals surface area contributed by atoms with Gasteiger partial charge < -0.3 is 24.7 Å². The maximum absolute atomic E-state index is 9.96. The lowest BCUT2D eigenvalue weighted by molar-refractivity contribution is -0.131. The van der Waals surface area contributed by atoms with Crippen LogP contribution in [0.4, 0.5) is 0 Å². The van der Waals surface area contributed by atoms with Gasteiger partial charge >= 0.3 is 0 Å². The molecule has 3 heterocycles. The van der Waals surface area contributed by atoms with E-state index in [2.05, 4.69) is 20.9 Å². The first kappa shape index (κ1) is 18.7. The van der Waals surface area contributed by atoms with Crippen molar-refractivity contribution in [1.82, 2.24) is 15.0 Å². The highest BCUT2D eigenvalue weighted by Crippen LogP contribution is 2.30. The molecular formula is C20H18ClN3O4. The number of aliphatic hydroxyl groups is 2. The molecule has 3 atom stereocenters. The van der Waals surface area contributed by atoms with Crippen LogP contribution in [0.3, 0.4) is 0 Å². The summed E-state index contributed by atoms with van der Waals surface area (Å²) in [6.45, 7) is 0.0202. The average Bonchev–Trinajstić information content (AvgIpc) is 3.08. The number of nitrogens with one attached hydrogen (secondary N) is 1. The van der Waals surface area contributed by atoms with Gasteiger partial charge in [0.15, 0.2) is 5.65 Å². The summed E-state index contributed by atoms with van der Waals surface area (Å²) in [5, 5.41) is 19.6. The normalized spacial score (nSPS) is 22.1. The van der Waals surface area contributed by atoms with Crippen molar-refractivity contribution < 1.29 is 19.7 Å². The van der Waals surface area contributed by atoms with E-state index in [4.69, 9.17) is 32.6 Å². The molecule has 3 N–H and O–H groups in total. The number of nitrogens with zero attached hydrogens (tertiary/aromatic N) is 2. The quantitative estimate of drug-likeness (QED) is 0.581. The Bertz CT molecular complexity index is 1030. The lowest BCUT2D eigenvalue weighted by atomic mass is 10.0. The van der Waals surface area contributed by atoms with E-state index in [0.29, 0.717) is 28.3 Å². The molecule has 0 bridgehead atoms. The van der Waals surface area contributed by atoms with E-state index >= 15 is 0 Å². The molecule has 0 spiro atoms. The van der Waals surface area contributed by atoms with Gasteiger partial charge in [-0.1, -0.05) is 29.7 Å². The van der Waals surface area contributed by atoms with Crippen molar-refractivity contribution >= 4 is 22.8 Å². The van der Waals surface area contributed by atoms with Crippen LogP contribution < -0.4 is 4.74 Å². The number of rotatable bonds is 4. The summed E-state index contributed by atoms with van der Waals surface area (Å²) in [7, 11) is 0. The van der Waals surface area contributed by atoms with Crippen molar-refractivity contribution in [1.29, 1.82) is 0 Å². The minimum Gasteiger partial charge on any atom is -0.459 e. The van der Waals surface area contributed by atoms with Crippen molar-refractivity contribution in [2.75, 3.05) is 13.2 Å². The van der Waals surface area contributed by atoms with E-state index in [-0.39, 0.29) is 25.3 Å². The third-order valence-electron chi connectivity index (χ3n) is 4.62. The Morgan fingerprint density at radius 3 is 2.79 bits per heavy atom. The summed E-state index contributed by atoms with van der Waals surface area (Å²) in [5.74, 6) is 2.57. The Labute approximate surface area is 166 Å². The molecule has 0 radical (unpaired) electrons. The van der Waals surface area contributed by atoms with Crippen molar-refractivity contribution in [3.63, 3.8) is 0 Å². The van der Waals surface area contributed by atoms with Crippen LogP contribution in [0, 0.1) is 12.3 Å². The van der Waals surface area contributed by atoms with Crippen LogP contribution in [0.15, 0.2) is 30.3 Å². The second-order valence-electron chi connectivity index (χ2n) is 6.55. The van der Waals surface area contributed by atoms with Crippen LogP contribution >= 0.6 is 11.6 Å². The molecule has 1 saturated heterocycles. The molecule has 2 aromatic heterocycles. The number of hydrogen-bond acceptors (Lipinski definition) is 6. The highest BCUT2D eigenvalue weighted by Gasteiger charge is 2.31. The number of aromatic nitrogens is 3. The predicted molar refractivity (Wildman–Crippen MR) is 104 cm³/mol. The van der Waals surface area contributed by atoms with E-state index in [0.717, 1.165) is 11.1 Å². The SMILES string of the molecule is C#Cc1ccc(-c2nc3nc(OC4COC(CO)C(O)C4)[nH]c3cc2Cl)cc1. The molecule has 0 amide bonds. The molecule has 144 valence electrons. The van der Waals surface area contributed by atoms with Gasteiger partial charge in [0, 0.05) is 17.5 Å². The summed E-state index contributed by atoms with van der Waals surface area (Å²) >= 11 is 6.40. The molecule has 3 unspecified atom stereocenters. The van der Waals surface area contributed by atoms with E-state index in [1.807, 2.05) is 24.3 Å². The van der Waals surface area contributed by atoms with Crippen LogP contribution in [0.2, 0.25) is 5.02 Å². The summed E-state index contributed by atoms with van der Waals surface area (Å²) in [6, 6.07) is 9.37. The van der Waals surface area contributed by atoms with Crippen LogP contribution in [0.1, 0.15) is 12.0 Å². The molecule has 1 fully saturated rings. The topological polar surface area (TPSA) is 100 Å². The van der Waals surface area contributed by atoms with E-state index in [1.54, 1.807) is 6.07 Å². The number of ether oxygens (including phenoxy) is 2. The highest BCUT2D eigenvalue weighted by atomic mass is 35.5. The monoisotopic (exact) mass is 399 g/mol. The van der Waals surface area contributed by atoms with Gasteiger partial charge in [0.1, 0.15) is 12.2 Å². The Balaban J connectivity index is 1.57. The molecule has 28 heavy (non-hydrogen) atoms. The Morgan fingerprint density at radius 1 is 1.32 bits per heavy atom. The minimum absolute atomic E-state index is 0.230. The van der Waals surface area contributed by atoms with Gasteiger partial charge in [0.25, 0.3) is 6.01 Å². The Kier molecular flexibility index (Phi) is 5.20. The van der Waals surface area contributed by atoms with Crippen molar-refractivity contribution in [3.8, 4) is 29.6 Å². The number of hydrogen-bond donors (Lipinski definition) is 3. The molecule has 8 heteroatoms. The maximum Gasteiger partial charge on any atom is 0.296 e. The number of terminal acetylenes is 1. The molecule has 4 rings (SSSR count). The first-order chi connectivity index (χ1) is 13.6. The fourth-order valence-corrected chi connectivity index (χ4v) is 3.38. The van der Waals surface area contributed by atoms with Gasteiger partial charge in [0.2, 0.25) is 0 Å². The number of fused-ring (bicyclic) bond motifs is 1. The molecule has 1 aromatic carbocycles. The zero-order valence-electron chi connectivity index (χ0n) is 14.8. The zero-order chi connectivity index (χ0) is 19.7. The molecule has 1 aliphatic rings. The van der Waals surface area contributed by atoms with Gasteiger partial charge in [-0.25, -0.2) is 4.98 Å². The van der Waals surface area contributed by atoms with Crippen LogP contribution in [0.5, 0.6) is 6.01 Å². The Hall–Kier alpha value is -2.63. The lowest BCUT2D eigenvalue weighted by Crippen LogP contribution is -2.45. The number of H-pyrrole nitrogens is 1. The number of halogens is 1. The average molecular weight is 400 g/mol. The second-order valence-corrected chi connectivity index (χ2v) is 6.96. The molecule has 3 aromatic rings. The molecular weight excluding hydrogens is 382 g/mol. The smallest absolute Gasteiger partial charge is 0.296 e. The van der Waals surface area contributed by atoms with Gasteiger partial charge in [-0.3, -0.25) is 0 Å². The summed E-state index contributed by atoms with van der Waals surface area (Å²) < 4.78 is 11.2. The minimum atomic E-state index is -0.793. The van der Waals surface area contributed by atoms with E-state index in [9.17, 15) is 5.11 Å². The van der Waals surface area contributed by atoms with E-state index < -0.39 is 12.2 Å². The third kappa shape index (κ3) is 3.68. The van der Waals surface area contributed by atoms with Crippen molar-refractivity contribution in [2.45, 2.75) is 24.7 Å². The fourth-order valence-electron chi connectivity index (χ4n) is 3.12. The molecule has 0 aliphatic carbocycles. The van der Waals surface area contributed by atoms with Gasteiger partial charge in [0.05, 0.1) is 35.6 Å². The fraction of sp³-hybridized carbons (Fsp3) is 0.300. The maximum atomic E-state index is 9.96. The molecule has 7 nitrogen and oxygen atoms in total. The van der Waals surface area contributed by atoms with Crippen LogP contribution in [0.25, 0.3) is 22.4 Å². The lowest BCUT2D eigenvalue weighted by Gasteiger charge is -2.31. The number of benzene rings is 1. The number of pyridine rings is 1. The Morgan fingerprint density at radius 2 is 2.11 bits per heavy atom. The van der Waals surface area contributed by atoms with Gasteiger partial charge in [-0.15, -0.1) is 6.42 Å². The summed E-state index contributed by atoms with van der Waals surface area (Å²) in [6.07, 6.45) is 3.96. The van der Waals surface area contributed by atoms with Gasteiger partial charge in [-0.05, 0) is 18.2 Å². The number of imidazole rings is 1. The molecule has 0 saturated carbocycles. The predicted octanol–water partition coefficient (Wildman–Crippen LogP) is 2.15. The van der Waals surface area contributed by atoms with Crippen LogP contribution in [-0.4, -0.2) is 56.7 Å². The number of aliphatic hydroxyl groups excluding tert-OH is 2. The summed E-state index contributed by atoms with van der Waals surface area (Å²) in [4.78, 5) is 11.9. The van der Waals surface area contributed by atoms with E-state index in [1.165, 1.54) is 0 Å². The van der Waals surface area contributed by atoms with Crippen molar-refractivity contribution in [3.05, 3.63) is 40.9 Å². The number of aromatic amines is 1. The highest BCUT2D eigenvalue weighted by molar-refractivity contribution is 6.33. The second kappa shape index (κ2) is 7.78. The largest absolute Gasteiger partial charge is 0.459 e. The third-order valence-corrected chi connectivity index (χ3v) is 4.91. The standard InChI is InChI=1S/C20H18ClN3O4/c1-2-11-3-5-12(6-4-11)18-14(21)8-15-19(23-18)24-20(22-15)28-13-7-16(26)17(9-25)27-10-13/h1,3-6,8,13,16-17,25-26H,7,9-10H2,(H,22,23,24). The molecule has 1 aliphatic heterocycles. The summed E-state index contributed by atoms with van der Waals surface area (Å²) in [5.41, 5.74) is 3.29. The first-order valence-corrected chi connectivity index (χ1v) is 9.15. The first-order valence-electron chi connectivity index (χ1n) is 8.78. The van der Waals surface area contributed by atoms with Gasteiger partial charge in [-0.2, -0.15) is 4.98 Å². The van der Waals surface area contributed by atoms with Crippen LogP contribution in [-0.2, 0) is 4.74 Å². The van der Waals surface area contributed by atoms with Crippen molar-refractivity contribution in [2.24, 2.45) is 0 Å².